The predicted octanol–water partition coefficient (Wildman–Crippen LogP) is 1.33. The van der Waals surface area contributed by atoms with Crippen molar-refractivity contribution in [2.24, 2.45) is 0 Å². The molecule has 0 aliphatic heterocycles. The van der Waals surface area contributed by atoms with Gasteiger partial charge in [-0.3, -0.25) is 4.79 Å². The fraction of sp³-hybridized carbons (Fsp3) is 0.429. The predicted molar refractivity (Wildman–Crippen MR) is 35.7 cm³/mol. The summed E-state index contributed by atoms with van der Waals surface area (Å²) in [5, 5.41) is 0. The topological polar surface area (TPSA) is 26.3 Å². The lowest BCUT2D eigenvalue weighted by atomic mass is 10.2. The Bertz CT molecular complexity index is 116. The molecule has 0 aromatic heterocycles. The van der Waals surface area contributed by atoms with E-state index in [4.69, 9.17) is 0 Å². The number of hydrogen-bond acceptors (Lipinski definition) is 2. The molecule has 0 spiro atoms. The average molecular weight is 127 g/mol. The minimum Gasteiger partial charge on any atom is -0.466 e. The molecule has 51 valence electrons. The molecule has 2 nitrogen and oxygen atoms in total. The molecule has 0 amide bonds. The molecular weight excluding hydrogens is 116 g/mol. The fourth-order valence-corrected chi connectivity index (χ4v) is 0.385. The normalized spacial score (nSPS) is 8.67. The van der Waals surface area contributed by atoms with Gasteiger partial charge in [-0.1, -0.05) is 12.2 Å². The van der Waals surface area contributed by atoms with Crippen molar-refractivity contribution < 1.29 is 9.53 Å². The van der Waals surface area contributed by atoms with Crippen LogP contribution in [0.15, 0.2) is 12.2 Å². The Labute approximate surface area is 55.5 Å². The van der Waals surface area contributed by atoms with Crippen molar-refractivity contribution in [3.63, 3.8) is 0 Å². The van der Waals surface area contributed by atoms with Gasteiger partial charge >= 0.3 is 5.97 Å². The molecule has 2 heteroatoms. The van der Waals surface area contributed by atoms with Crippen LogP contribution in [0.1, 0.15) is 13.8 Å². The highest BCUT2D eigenvalue weighted by molar-refractivity contribution is 5.82. The first-order valence-corrected chi connectivity index (χ1v) is 2.83. The Kier molecular flexibility index (Phi) is 3.76. The van der Waals surface area contributed by atoms with Crippen molar-refractivity contribution >= 4 is 5.97 Å². The van der Waals surface area contributed by atoms with Gasteiger partial charge in [-0.25, -0.2) is 0 Å². The van der Waals surface area contributed by atoms with Crippen LogP contribution in [0.25, 0.3) is 0 Å². The Morgan fingerprint density at radius 3 is 2.67 bits per heavy atom. The number of ether oxygens (including phenoxy) is 1. The number of esters is 1. The lowest BCUT2D eigenvalue weighted by Crippen LogP contribution is -2.04. The summed E-state index contributed by atoms with van der Waals surface area (Å²) in [5.41, 5.74) is 0.716. The van der Waals surface area contributed by atoms with Crippen LogP contribution in [0.4, 0.5) is 0 Å². The number of rotatable bonds is 3. The van der Waals surface area contributed by atoms with Gasteiger partial charge in [0.15, 0.2) is 0 Å². The fourth-order valence-electron chi connectivity index (χ4n) is 0.385. The zero-order valence-corrected chi connectivity index (χ0v) is 5.81. The zero-order valence-electron chi connectivity index (χ0n) is 5.81. The first kappa shape index (κ1) is 8.21. The number of carbonyl (C=O) groups excluding carboxylic acids is 1. The van der Waals surface area contributed by atoms with Gasteiger partial charge < -0.3 is 4.74 Å². The van der Waals surface area contributed by atoms with Crippen LogP contribution in [0.2, 0.25) is 0 Å². The molecule has 0 aliphatic carbocycles. The highest BCUT2D eigenvalue weighted by atomic mass is 16.5. The molecule has 0 rings (SSSR count). The Balaban J connectivity index is 3.39. The van der Waals surface area contributed by atoms with Crippen LogP contribution >= 0.6 is 0 Å². The number of hydrogen-bond donors (Lipinski definition) is 0. The lowest BCUT2D eigenvalue weighted by molar-refractivity contribution is -0.138. The third kappa shape index (κ3) is 5.07. The van der Waals surface area contributed by atoms with Crippen LogP contribution in [0.3, 0.4) is 0 Å². The monoisotopic (exact) mass is 127 g/mol. The molecule has 0 aromatic rings. The quantitative estimate of drug-likeness (QED) is 0.534. The Hall–Kier alpha value is -0.790. The van der Waals surface area contributed by atoms with Crippen molar-refractivity contribution in [2.75, 3.05) is 6.61 Å². The zero-order chi connectivity index (χ0) is 7.28. The first-order chi connectivity index (χ1) is 4.16. The summed E-state index contributed by atoms with van der Waals surface area (Å²) in [4.78, 5) is 10.5. The van der Waals surface area contributed by atoms with E-state index in [0.717, 1.165) is 0 Å². The van der Waals surface area contributed by atoms with E-state index >= 15 is 0 Å². The molecule has 0 heterocycles. The average Bonchev–Trinajstić information content (AvgIpc) is 1.63. The third-order valence-corrected chi connectivity index (χ3v) is 0.651. The van der Waals surface area contributed by atoms with Gasteiger partial charge in [0.25, 0.3) is 0 Å². The Morgan fingerprint density at radius 1 is 1.78 bits per heavy atom. The second-order valence-corrected chi connectivity index (χ2v) is 1.74. The van der Waals surface area contributed by atoms with E-state index in [1.54, 1.807) is 13.8 Å². The highest BCUT2D eigenvalue weighted by Crippen LogP contribution is 1.94. The largest absolute Gasteiger partial charge is 0.466 e. The van der Waals surface area contributed by atoms with Crippen LogP contribution in [-0.4, -0.2) is 12.6 Å². The van der Waals surface area contributed by atoms with Crippen LogP contribution in [-0.2, 0) is 9.53 Å². The van der Waals surface area contributed by atoms with Gasteiger partial charge in [0, 0.05) is 0 Å². The standard InChI is InChI=1S/C7H11O2/c1-4-9-7(8)5-6(2)3/h5H,2,4H2,1,3H3. The smallest absolute Gasteiger partial charge is 0.314 e. The molecule has 0 aromatic carbocycles. The second-order valence-electron chi connectivity index (χ2n) is 1.74. The van der Waals surface area contributed by atoms with E-state index in [2.05, 4.69) is 11.3 Å². The highest BCUT2D eigenvalue weighted by Gasteiger charge is 1.99. The van der Waals surface area contributed by atoms with Crippen LogP contribution < -0.4 is 0 Å². The van der Waals surface area contributed by atoms with Crippen molar-refractivity contribution in [1.29, 1.82) is 0 Å². The molecular formula is C7H11O2. The molecule has 0 saturated carbocycles. The molecule has 1 radical (unpaired) electrons. The summed E-state index contributed by atoms with van der Waals surface area (Å²) in [6.07, 6.45) is 1.36. The maximum atomic E-state index is 10.5. The molecule has 0 atom stereocenters. The summed E-state index contributed by atoms with van der Waals surface area (Å²) >= 11 is 0. The van der Waals surface area contributed by atoms with Gasteiger partial charge in [-0.05, 0) is 13.8 Å². The summed E-state index contributed by atoms with van der Waals surface area (Å²) in [6.45, 7) is 7.46. The molecule has 0 bridgehead atoms. The second kappa shape index (κ2) is 4.13. The van der Waals surface area contributed by atoms with Crippen molar-refractivity contribution in [3.05, 3.63) is 18.6 Å². The van der Waals surface area contributed by atoms with E-state index < -0.39 is 0 Å². The van der Waals surface area contributed by atoms with E-state index in [1.165, 1.54) is 6.42 Å². The summed E-state index contributed by atoms with van der Waals surface area (Å²) < 4.78 is 4.60. The molecule has 0 aliphatic rings. The molecule has 0 saturated heterocycles. The van der Waals surface area contributed by atoms with Crippen molar-refractivity contribution in [2.45, 2.75) is 13.8 Å². The SMILES string of the molecule is C=C(C)[CH]C(=O)OCC. The maximum Gasteiger partial charge on any atom is 0.314 e. The third-order valence-electron chi connectivity index (χ3n) is 0.651. The lowest BCUT2D eigenvalue weighted by Gasteiger charge is -1.97. The van der Waals surface area contributed by atoms with Crippen molar-refractivity contribution in [1.82, 2.24) is 0 Å². The molecule has 9 heavy (non-hydrogen) atoms. The van der Waals surface area contributed by atoms with Gasteiger partial charge in [0.05, 0.1) is 13.0 Å². The van der Waals surface area contributed by atoms with E-state index in [1.807, 2.05) is 0 Å². The van der Waals surface area contributed by atoms with Crippen LogP contribution in [0.5, 0.6) is 0 Å². The van der Waals surface area contributed by atoms with Gasteiger partial charge in [0.1, 0.15) is 0 Å². The molecule has 0 unspecified atom stereocenters. The van der Waals surface area contributed by atoms with E-state index in [0.29, 0.717) is 12.2 Å². The van der Waals surface area contributed by atoms with Gasteiger partial charge in [0.2, 0.25) is 0 Å². The van der Waals surface area contributed by atoms with E-state index in [-0.39, 0.29) is 5.97 Å². The molecule has 0 fully saturated rings. The minimum absolute atomic E-state index is 0.315. The number of carbonyl (C=O) groups is 1. The Morgan fingerprint density at radius 2 is 2.33 bits per heavy atom. The summed E-state index contributed by atoms with van der Waals surface area (Å²) in [5.74, 6) is -0.315. The molecule has 0 N–H and O–H groups in total. The minimum atomic E-state index is -0.315. The first-order valence-electron chi connectivity index (χ1n) is 2.83. The maximum absolute atomic E-state index is 10.5. The van der Waals surface area contributed by atoms with Gasteiger partial charge in [-0.2, -0.15) is 0 Å². The van der Waals surface area contributed by atoms with Crippen LogP contribution in [0, 0.1) is 6.42 Å². The van der Waals surface area contributed by atoms with Gasteiger partial charge in [-0.15, -0.1) is 0 Å². The summed E-state index contributed by atoms with van der Waals surface area (Å²) in [6, 6.07) is 0. The van der Waals surface area contributed by atoms with E-state index in [9.17, 15) is 4.79 Å². The van der Waals surface area contributed by atoms with Crippen molar-refractivity contribution in [3.8, 4) is 0 Å². The summed E-state index contributed by atoms with van der Waals surface area (Å²) in [7, 11) is 0.